The normalized spacial score (nSPS) is 24.1. The Kier molecular flexibility index (Phi) is 3.95. The third-order valence-corrected chi connectivity index (χ3v) is 5.02. The molecule has 1 aliphatic rings. The van der Waals surface area contributed by atoms with Gasteiger partial charge in [-0.15, -0.1) is 0 Å². The molecular weight excluding hydrogens is 246 g/mol. The van der Waals surface area contributed by atoms with Crippen LogP contribution in [0.1, 0.15) is 26.2 Å². The third-order valence-electron chi connectivity index (χ3n) is 3.89. The monoisotopic (exact) mass is 267 g/mol. The summed E-state index contributed by atoms with van der Waals surface area (Å²) >= 11 is 0. The van der Waals surface area contributed by atoms with Gasteiger partial charge in [0.2, 0.25) is 0 Å². The van der Waals surface area contributed by atoms with Crippen LogP contribution >= 0.6 is 0 Å². The first kappa shape index (κ1) is 13.4. The SMILES string of the molecule is CC1CCCC1CNc1ccc(S(C)(=O)=O)cc1. The van der Waals surface area contributed by atoms with Crippen molar-refractivity contribution < 1.29 is 8.42 Å². The summed E-state index contributed by atoms with van der Waals surface area (Å²) in [5, 5.41) is 3.40. The van der Waals surface area contributed by atoms with Crippen molar-refractivity contribution in [1.82, 2.24) is 0 Å². The van der Waals surface area contributed by atoms with Crippen molar-refractivity contribution in [1.29, 1.82) is 0 Å². The second kappa shape index (κ2) is 5.31. The van der Waals surface area contributed by atoms with E-state index >= 15 is 0 Å². The molecule has 1 saturated carbocycles. The minimum Gasteiger partial charge on any atom is -0.385 e. The average Bonchev–Trinajstić information content (AvgIpc) is 2.72. The molecule has 1 aliphatic carbocycles. The highest BCUT2D eigenvalue weighted by Crippen LogP contribution is 2.31. The molecule has 0 saturated heterocycles. The second-order valence-electron chi connectivity index (χ2n) is 5.35. The van der Waals surface area contributed by atoms with Gasteiger partial charge in [-0.05, 0) is 42.5 Å². The Hall–Kier alpha value is -1.03. The Balaban J connectivity index is 1.94. The van der Waals surface area contributed by atoms with Gasteiger partial charge < -0.3 is 5.32 Å². The van der Waals surface area contributed by atoms with Crippen LogP contribution in [0.25, 0.3) is 0 Å². The highest BCUT2D eigenvalue weighted by Gasteiger charge is 2.22. The lowest BCUT2D eigenvalue weighted by Crippen LogP contribution is -2.16. The molecule has 0 aliphatic heterocycles. The van der Waals surface area contributed by atoms with Crippen molar-refractivity contribution >= 4 is 15.5 Å². The smallest absolute Gasteiger partial charge is 0.175 e. The molecule has 18 heavy (non-hydrogen) atoms. The minimum absolute atomic E-state index is 0.377. The van der Waals surface area contributed by atoms with E-state index in [4.69, 9.17) is 0 Å². The maximum absolute atomic E-state index is 11.3. The van der Waals surface area contributed by atoms with Gasteiger partial charge in [0, 0.05) is 18.5 Å². The molecule has 1 aromatic carbocycles. The summed E-state index contributed by atoms with van der Waals surface area (Å²) in [6.07, 6.45) is 5.20. The van der Waals surface area contributed by atoms with Gasteiger partial charge in [0.05, 0.1) is 4.90 Å². The Labute approximate surface area is 110 Å². The number of benzene rings is 1. The maximum Gasteiger partial charge on any atom is 0.175 e. The van der Waals surface area contributed by atoms with E-state index in [9.17, 15) is 8.42 Å². The van der Waals surface area contributed by atoms with Crippen LogP contribution < -0.4 is 5.32 Å². The molecule has 1 aromatic rings. The number of nitrogens with one attached hydrogen (secondary N) is 1. The van der Waals surface area contributed by atoms with Crippen molar-refractivity contribution in [2.24, 2.45) is 11.8 Å². The lowest BCUT2D eigenvalue weighted by atomic mass is 9.98. The fraction of sp³-hybridized carbons (Fsp3) is 0.571. The van der Waals surface area contributed by atoms with Crippen LogP contribution in [0.2, 0.25) is 0 Å². The van der Waals surface area contributed by atoms with Gasteiger partial charge >= 0.3 is 0 Å². The van der Waals surface area contributed by atoms with Crippen LogP contribution in [0, 0.1) is 11.8 Å². The summed E-state index contributed by atoms with van der Waals surface area (Å²) in [6, 6.07) is 7.01. The van der Waals surface area contributed by atoms with Gasteiger partial charge in [0.1, 0.15) is 0 Å². The lowest BCUT2D eigenvalue weighted by molar-refractivity contribution is 0.439. The van der Waals surface area contributed by atoms with Crippen LogP contribution in [-0.2, 0) is 9.84 Å². The molecule has 1 N–H and O–H groups in total. The first-order valence-electron chi connectivity index (χ1n) is 6.51. The zero-order chi connectivity index (χ0) is 13.2. The van der Waals surface area contributed by atoms with Gasteiger partial charge in [-0.2, -0.15) is 0 Å². The van der Waals surface area contributed by atoms with Crippen LogP contribution in [0.15, 0.2) is 29.2 Å². The van der Waals surface area contributed by atoms with Crippen LogP contribution in [0.4, 0.5) is 5.69 Å². The summed E-state index contributed by atoms with van der Waals surface area (Å²) < 4.78 is 22.7. The largest absolute Gasteiger partial charge is 0.385 e. The number of hydrogen-bond donors (Lipinski definition) is 1. The van der Waals surface area contributed by atoms with Crippen molar-refractivity contribution in [2.75, 3.05) is 18.1 Å². The fourth-order valence-corrected chi connectivity index (χ4v) is 3.22. The Morgan fingerprint density at radius 2 is 1.89 bits per heavy atom. The highest BCUT2D eigenvalue weighted by molar-refractivity contribution is 7.90. The summed E-state index contributed by atoms with van der Waals surface area (Å²) in [6.45, 7) is 3.30. The summed E-state index contributed by atoms with van der Waals surface area (Å²) in [5.41, 5.74) is 1.00. The molecule has 2 rings (SSSR count). The van der Waals surface area contributed by atoms with Gasteiger partial charge in [-0.25, -0.2) is 8.42 Å². The molecule has 2 atom stereocenters. The van der Waals surface area contributed by atoms with Crippen molar-refractivity contribution in [3.63, 3.8) is 0 Å². The van der Waals surface area contributed by atoms with E-state index in [0.717, 1.165) is 24.1 Å². The first-order chi connectivity index (χ1) is 8.47. The van der Waals surface area contributed by atoms with E-state index in [2.05, 4.69) is 12.2 Å². The Bertz CT molecular complexity index is 493. The molecular formula is C14H21NO2S. The fourth-order valence-electron chi connectivity index (χ4n) is 2.59. The predicted octanol–water partition coefficient (Wildman–Crippen LogP) is 2.94. The molecule has 0 radical (unpaired) electrons. The van der Waals surface area contributed by atoms with Crippen LogP contribution in [0.3, 0.4) is 0 Å². The van der Waals surface area contributed by atoms with Gasteiger partial charge in [0.25, 0.3) is 0 Å². The zero-order valence-corrected chi connectivity index (χ0v) is 11.8. The maximum atomic E-state index is 11.3. The molecule has 4 heteroatoms. The van der Waals surface area contributed by atoms with Crippen molar-refractivity contribution in [3.05, 3.63) is 24.3 Å². The quantitative estimate of drug-likeness (QED) is 0.912. The number of rotatable bonds is 4. The number of sulfone groups is 1. The number of hydrogen-bond acceptors (Lipinski definition) is 3. The standard InChI is InChI=1S/C14H21NO2S/c1-11-4-3-5-12(11)10-15-13-6-8-14(9-7-13)18(2,16)17/h6-9,11-12,15H,3-5,10H2,1-2H3. The van der Waals surface area contributed by atoms with Gasteiger partial charge in [-0.1, -0.05) is 19.8 Å². The van der Waals surface area contributed by atoms with Gasteiger partial charge in [-0.3, -0.25) is 0 Å². The minimum atomic E-state index is -3.09. The zero-order valence-electron chi connectivity index (χ0n) is 11.0. The topological polar surface area (TPSA) is 46.2 Å². The average molecular weight is 267 g/mol. The molecule has 0 heterocycles. The van der Waals surface area contributed by atoms with Crippen LogP contribution in [0.5, 0.6) is 0 Å². The second-order valence-corrected chi connectivity index (χ2v) is 7.36. The molecule has 3 nitrogen and oxygen atoms in total. The van der Waals surface area contributed by atoms with E-state index in [-0.39, 0.29) is 0 Å². The Morgan fingerprint density at radius 3 is 2.39 bits per heavy atom. The molecule has 0 amide bonds. The molecule has 0 spiro atoms. The highest BCUT2D eigenvalue weighted by atomic mass is 32.2. The summed E-state index contributed by atoms with van der Waals surface area (Å²) in [5.74, 6) is 1.55. The van der Waals surface area contributed by atoms with E-state index in [1.54, 1.807) is 12.1 Å². The number of anilines is 1. The molecule has 1 fully saturated rings. The summed E-state index contributed by atoms with van der Waals surface area (Å²) in [4.78, 5) is 0.377. The van der Waals surface area contributed by atoms with E-state index in [1.807, 2.05) is 12.1 Å². The van der Waals surface area contributed by atoms with E-state index in [0.29, 0.717) is 4.90 Å². The molecule has 100 valence electrons. The summed E-state index contributed by atoms with van der Waals surface area (Å²) in [7, 11) is -3.09. The Morgan fingerprint density at radius 1 is 1.22 bits per heavy atom. The first-order valence-corrected chi connectivity index (χ1v) is 8.40. The lowest BCUT2D eigenvalue weighted by Gasteiger charge is -2.16. The molecule has 2 unspecified atom stereocenters. The van der Waals surface area contributed by atoms with E-state index in [1.165, 1.54) is 25.5 Å². The van der Waals surface area contributed by atoms with Crippen molar-refractivity contribution in [3.8, 4) is 0 Å². The van der Waals surface area contributed by atoms with E-state index < -0.39 is 9.84 Å². The third kappa shape index (κ3) is 3.25. The van der Waals surface area contributed by atoms with Gasteiger partial charge in [0.15, 0.2) is 9.84 Å². The van der Waals surface area contributed by atoms with Crippen molar-refractivity contribution in [2.45, 2.75) is 31.1 Å². The molecule has 0 aromatic heterocycles. The van der Waals surface area contributed by atoms with Crippen LogP contribution in [-0.4, -0.2) is 21.2 Å². The molecule has 0 bridgehead atoms. The predicted molar refractivity (Wildman–Crippen MR) is 74.5 cm³/mol.